The van der Waals surface area contributed by atoms with Crippen LogP contribution in [-0.4, -0.2) is 28.7 Å². The van der Waals surface area contributed by atoms with Crippen LogP contribution in [0.4, 0.5) is 0 Å². The molecule has 1 heterocycles. The molecule has 0 aliphatic carbocycles. The van der Waals surface area contributed by atoms with Gasteiger partial charge in [0.15, 0.2) is 0 Å². The van der Waals surface area contributed by atoms with Gasteiger partial charge in [0.05, 0.1) is 0 Å². The Kier molecular flexibility index (Phi) is 5.65. The van der Waals surface area contributed by atoms with Gasteiger partial charge in [-0.2, -0.15) is 0 Å². The molecule has 0 bridgehead atoms. The molecule has 1 rings (SSSR count). The summed E-state index contributed by atoms with van der Waals surface area (Å²) in [4.78, 5) is 14.4. The van der Waals surface area contributed by atoms with Crippen molar-refractivity contribution in [2.75, 3.05) is 13.1 Å². The van der Waals surface area contributed by atoms with Gasteiger partial charge < -0.3 is 4.90 Å². The van der Waals surface area contributed by atoms with E-state index in [1.165, 1.54) is 0 Å². The summed E-state index contributed by atoms with van der Waals surface area (Å²) in [6.45, 7) is 6.26. The van der Waals surface area contributed by atoms with E-state index in [-0.39, 0.29) is 0 Å². The lowest BCUT2D eigenvalue weighted by atomic mass is 9.94. The number of rotatable bonds is 4. The van der Waals surface area contributed by atoms with Gasteiger partial charge in [-0.3, -0.25) is 4.79 Å². The summed E-state index contributed by atoms with van der Waals surface area (Å²) >= 11 is 3.63. The van der Waals surface area contributed by atoms with E-state index >= 15 is 0 Å². The van der Waals surface area contributed by atoms with E-state index < -0.39 is 0 Å². The number of carbonyl (C=O) groups excluding carboxylic acids is 1. The van der Waals surface area contributed by atoms with Crippen LogP contribution in [0.1, 0.15) is 46.0 Å². The summed E-state index contributed by atoms with van der Waals surface area (Å²) in [6.07, 6.45) is 5.20. The van der Waals surface area contributed by atoms with E-state index in [2.05, 4.69) is 29.8 Å². The first-order valence-electron chi connectivity index (χ1n) is 6.07. The lowest BCUT2D eigenvalue weighted by Crippen LogP contribution is -2.39. The predicted octanol–water partition coefficient (Wildman–Crippen LogP) is 3.20. The third-order valence-electron chi connectivity index (χ3n) is 3.29. The fraction of sp³-hybridized carbons (Fsp3) is 0.917. The molecular weight excluding hydrogens is 254 g/mol. The molecular formula is C12H22BrNO. The second-order valence-electron chi connectivity index (χ2n) is 4.50. The standard InChI is InChI=1S/C12H22BrNO/c1-3-4-5-12(15)14-8-6-11(7-9-14)10(2)13/h10-11H,3-9H2,1-2H3. The summed E-state index contributed by atoms with van der Waals surface area (Å²) in [6, 6.07) is 0. The lowest BCUT2D eigenvalue weighted by molar-refractivity contribution is -0.132. The maximum atomic E-state index is 11.7. The number of hydrogen-bond acceptors (Lipinski definition) is 1. The first-order chi connectivity index (χ1) is 7.15. The highest BCUT2D eigenvalue weighted by atomic mass is 79.9. The number of halogens is 1. The molecule has 1 saturated heterocycles. The Labute approximate surface area is 102 Å². The molecule has 1 atom stereocenters. The van der Waals surface area contributed by atoms with Gasteiger partial charge in [-0.25, -0.2) is 0 Å². The zero-order valence-corrected chi connectivity index (χ0v) is 11.4. The van der Waals surface area contributed by atoms with Crippen LogP contribution < -0.4 is 0 Å². The molecule has 3 heteroatoms. The van der Waals surface area contributed by atoms with Crippen LogP contribution in [0.15, 0.2) is 0 Å². The average Bonchev–Trinajstić information content (AvgIpc) is 2.26. The smallest absolute Gasteiger partial charge is 0.222 e. The SMILES string of the molecule is CCCCC(=O)N1CCC(C(C)Br)CC1. The number of likely N-dealkylation sites (tertiary alicyclic amines) is 1. The monoisotopic (exact) mass is 275 g/mol. The fourth-order valence-corrected chi connectivity index (χ4v) is 2.62. The Hall–Kier alpha value is -0.0500. The van der Waals surface area contributed by atoms with E-state index in [0.717, 1.165) is 51.1 Å². The van der Waals surface area contributed by atoms with Gasteiger partial charge in [0.2, 0.25) is 5.91 Å². The number of piperidine rings is 1. The summed E-state index contributed by atoms with van der Waals surface area (Å²) in [5.74, 6) is 1.11. The van der Waals surface area contributed by atoms with Crippen molar-refractivity contribution in [2.45, 2.75) is 50.8 Å². The molecule has 1 aliphatic heterocycles. The first-order valence-corrected chi connectivity index (χ1v) is 6.98. The van der Waals surface area contributed by atoms with Gasteiger partial charge in [0.25, 0.3) is 0 Å². The Morgan fingerprint density at radius 1 is 1.47 bits per heavy atom. The van der Waals surface area contributed by atoms with Crippen molar-refractivity contribution in [3.05, 3.63) is 0 Å². The molecule has 0 aromatic heterocycles. The Morgan fingerprint density at radius 3 is 2.53 bits per heavy atom. The lowest BCUT2D eigenvalue weighted by Gasteiger charge is -2.33. The van der Waals surface area contributed by atoms with Gasteiger partial charge in [0, 0.05) is 24.3 Å². The van der Waals surface area contributed by atoms with E-state index in [0.29, 0.717) is 10.7 Å². The van der Waals surface area contributed by atoms with E-state index in [4.69, 9.17) is 0 Å². The quantitative estimate of drug-likeness (QED) is 0.722. The molecule has 0 aromatic carbocycles. The Balaban J connectivity index is 2.27. The minimum Gasteiger partial charge on any atom is -0.343 e. The van der Waals surface area contributed by atoms with Gasteiger partial charge in [-0.1, -0.05) is 36.2 Å². The van der Waals surface area contributed by atoms with Gasteiger partial charge in [0.1, 0.15) is 0 Å². The number of alkyl halides is 1. The van der Waals surface area contributed by atoms with E-state index in [1.807, 2.05) is 4.90 Å². The normalized spacial score (nSPS) is 20.3. The third kappa shape index (κ3) is 4.13. The average molecular weight is 276 g/mol. The zero-order chi connectivity index (χ0) is 11.3. The molecule has 1 unspecified atom stereocenters. The molecule has 0 aromatic rings. The molecule has 1 fully saturated rings. The Morgan fingerprint density at radius 2 is 2.07 bits per heavy atom. The zero-order valence-electron chi connectivity index (χ0n) is 9.84. The molecule has 15 heavy (non-hydrogen) atoms. The van der Waals surface area contributed by atoms with E-state index in [9.17, 15) is 4.79 Å². The molecule has 0 spiro atoms. The van der Waals surface area contributed by atoms with Crippen LogP contribution >= 0.6 is 15.9 Å². The van der Waals surface area contributed by atoms with Crippen molar-refractivity contribution in [1.29, 1.82) is 0 Å². The highest BCUT2D eigenvalue weighted by molar-refractivity contribution is 9.09. The van der Waals surface area contributed by atoms with Crippen molar-refractivity contribution in [1.82, 2.24) is 4.90 Å². The molecule has 1 aliphatic rings. The second-order valence-corrected chi connectivity index (χ2v) is 5.94. The topological polar surface area (TPSA) is 20.3 Å². The number of unbranched alkanes of at least 4 members (excludes halogenated alkanes) is 1. The Bertz CT molecular complexity index is 198. The molecule has 2 nitrogen and oxygen atoms in total. The van der Waals surface area contributed by atoms with Crippen molar-refractivity contribution < 1.29 is 4.79 Å². The van der Waals surface area contributed by atoms with Crippen LogP contribution in [0.5, 0.6) is 0 Å². The van der Waals surface area contributed by atoms with Crippen molar-refractivity contribution in [3.8, 4) is 0 Å². The van der Waals surface area contributed by atoms with Crippen LogP contribution in [0.2, 0.25) is 0 Å². The third-order valence-corrected chi connectivity index (χ3v) is 4.03. The van der Waals surface area contributed by atoms with Crippen molar-refractivity contribution >= 4 is 21.8 Å². The fourth-order valence-electron chi connectivity index (χ4n) is 2.09. The van der Waals surface area contributed by atoms with Crippen LogP contribution in [0.3, 0.4) is 0 Å². The van der Waals surface area contributed by atoms with Crippen molar-refractivity contribution in [2.24, 2.45) is 5.92 Å². The largest absolute Gasteiger partial charge is 0.343 e. The summed E-state index contributed by atoms with van der Waals surface area (Å²) in [5, 5.41) is 0. The van der Waals surface area contributed by atoms with Gasteiger partial charge in [-0.05, 0) is 25.2 Å². The summed E-state index contributed by atoms with van der Waals surface area (Å²) in [7, 11) is 0. The second kappa shape index (κ2) is 6.51. The maximum Gasteiger partial charge on any atom is 0.222 e. The minimum atomic E-state index is 0.359. The highest BCUT2D eigenvalue weighted by Crippen LogP contribution is 2.25. The van der Waals surface area contributed by atoms with Crippen molar-refractivity contribution in [3.63, 3.8) is 0 Å². The molecule has 0 saturated carbocycles. The summed E-state index contributed by atoms with van der Waals surface area (Å²) < 4.78 is 0. The maximum absolute atomic E-state index is 11.7. The van der Waals surface area contributed by atoms with Gasteiger partial charge >= 0.3 is 0 Å². The number of amides is 1. The van der Waals surface area contributed by atoms with Crippen LogP contribution in [0.25, 0.3) is 0 Å². The number of hydrogen-bond donors (Lipinski definition) is 0. The van der Waals surface area contributed by atoms with Gasteiger partial charge in [-0.15, -0.1) is 0 Å². The minimum absolute atomic E-state index is 0.359. The molecule has 1 amide bonds. The molecule has 88 valence electrons. The molecule has 0 N–H and O–H groups in total. The van der Waals surface area contributed by atoms with Crippen LogP contribution in [0, 0.1) is 5.92 Å². The summed E-state index contributed by atoms with van der Waals surface area (Å²) in [5.41, 5.74) is 0. The first kappa shape index (κ1) is 13.0. The van der Waals surface area contributed by atoms with Crippen LogP contribution in [-0.2, 0) is 4.79 Å². The predicted molar refractivity (Wildman–Crippen MR) is 67.2 cm³/mol. The number of carbonyl (C=O) groups is 1. The van der Waals surface area contributed by atoms with E-state index in [1.54, 1.807) is 0 Å². The molecule has 0 radical (unpaired) electrons. The number of nitrogens with zero attached hydrogens (tertiary/aromatic N) is 1. The highest BCUT2D eigenvalue weighted by Gasteiger charge is 2.24.